The molecule has 0 aliphatic heterocycles. The maximum absolute atomic E-state index is 13.7. The van der Waals surface area contributed by atoms with Crippen molar-refractivity contribution in [2.24, 2.45) is 5.73 Å². The lowest BCUT2D eigenvalue weighted by Gasteiger charge is -2.22. The van der Waals surface area contributed by atoms with Gasteiger partial charge >= 0.3 is 0 Å². The first-order chi connectivity index (χ1) is 11.3. The topological polar surface area (TPSA) is 55.6 Å². The summed E-state index contributed by atoms with van der Waals surface area (Å²) in [6.45, 7) is 0. The zero-order chi connectivity index (χ0) is 17.9. The van der Waals surface area contributed by atoms with Crippen LogP contribution in [0.5, 0.6) is 5.75 Å². The van der Waals surface area contributed by atoms with Gasteiger partial charge in [-0.2, -0.15) is 0 Å². The minimum absolute atomic E-state index is 0.0451. The van der Waals surface area contributed by atoms with E-state index in [0.29, 0.717) is 5.69 Å². The molecule has 4 nitrogen and oxygen atoms in total. The van der Waals surface area contributed by atoms with Crippen LogP contribution in [0.2, 0.25) is 0 Å². The Balaban J connectivity index is 2.13. The van der Waals surface area contributed by atoms with Crippen molar-refractivity contribution < 1.29 is 22.7 Å². The molecule has 0 aliphatic carbocycles. The van der Waals surface area contributed by atoms with Crippen LogP contribution in [-0.4, -0.2) is 26.1 Å². The molecule has 1 atom stereocenters. The van der Waals surface area contributed by atoms with Crippen LogP contribution in [0.3, 0.4) is 0 Å². The third-order valence-corrected chi connectivity index (χ3v) is 3.55. The fourth-order valence-electron chi connectivity index (χ4n) is 2.31. The second kappa shape index (κ2) is 7.35. The summed E-state index contributed by atoms with van der Waals surface area (Å²) in [5.41, 5.74) is 6.38. The summed E-state index contributed by atoms with van der Waals surface area (Å²) in [7, 11) is 2.77. The quantitative estimate of drug-likeness (QED) is 0.912. The first kappa shape index (κ1) is 17.8. The van der Waals surface area contributed by atoms with Gasteiger partial charge in [-0.1, -0.05) is 0 Å². The Bertz CT molecular complexity index is 732. The Morgan fingerprint density at radius 2 is 1.79 bits per heavy atom. The number of hydrogen-bond acceptors (Lipinski definition) is 3. The number of methoxy groups -OCH3 is 1. The van der Waals surface area contributed by atoms with E-state index in [1.807, 2.05) is 0 Å². The highest BCUT2D eigenvalue weighted by atomic mass is 19.1. The first-order valence-corrected chi connectivity index (χ1v) is 7.13. The molecule has 0 unspecified atom stereocenters. The number of amides is 1. The molecule has 0 saturated heterocycles. The highest BCUT2D eigenvalue weighted by Gasteiger charge is 2.21. The summed E-state index contributed by atoms with van der Waals surface area (Å²) >= 11 is 0. The molecule has 2 N–H and O–H groups in total. The van der Waals surface area contributed by atoms with Gasteiger partial charge in [-0.3, -0.25) is 4.79 Å². The molecule has 7 heteroatoms. The third-order valence-electron chi connectivity index (χ3n) is 3.55. The standard InChI is InChI=1S/C17H17F3N2O2/c1-22(13-3-4-16(24-2)14(20)9-13)17(23)15(21)7-10-5-11(18)8-12(19)6-10/h3-6,8-9,15H,7,21H2,1-2H3/t15-/m0/s1. The Kier molecular flexibility index (Phi) is 5.46. The van der Waals surface area contributed by atoms with E-state index in [0.717, 1.165) is 24.3 Å². The molecule has 2 aromatic rings. The molecule has 0 saturated carbocycles. The molecule has 0 bridgehead atoms. The average Bonchev–Trinajstić information content (AvgIpc) is 2.52. The maximum Gasteiger partial charge on any atom is 0.243 e. The van der Waals surface area contributed by atoms with Crippen molar-refractivity contribution >= 4 is 11.6 Å². The van der Waals surface area contributed by atoms with Crippen LogP contribution in [0.15, 0.2) is 36.4 Å². The molecular weight excluding hydrogens is 321 g/mol. The molecule has 1 amide bonds. The highest BCUT2D eigenvalue weighted by molar-refractivity contribution is 5.96. The summed E-state index contributed by atoms with van der Waals surface area (Å²) in [6, 6.07) is 5.98. The van der Waals surface area contributed by atoms with Gasteiger partial charge in [0.15, 0.2) is 11.6 Å². The molecule has 24 heavy (non-hydrogen) atoms. The van der Waals surface area contributed by atoms with E-state index in [2.05, 4.69) is 0 Å². The van der Waals surface area contributed by atoms with Crippen LogP contribution >= 0.6 is 0 Å². The lowest BCUT2D eigenvalue weighted by Crippen LogP contribution is -2.43. The molecule has 2 rings (SSSR count). The number of halogens is 3. The average molecular weight is 338 g/mol. The van der Waals surface area contributed by atoms with E-state index >= 15 is 0 Å². The molecule has 0 spiro atoms. The zero-order valence-corrected chi connectivity index (χ0v) is 13.2. The lowest BCUT2D eigenvalue weighted by atomic mass is 10.0. The van der Waals surface area contributed by atoms with Crippen molar-refractivity contribution in [3.8, 4) is 5.75 Å². The minimum Gasteiger partial charge on any atom is -0.494 e. The number of nitrogens with two attached hydrogens (primary N) is 1. The summed E-state index contributed by atoms with van der Waals surface area (Å²) < 4.78 is 44.9. The van der Waals surface area contributed by atoms with Gasteiger partial charge in [0.05, 0.1) is 13.2 Å². The van der Waals surface area contributed by atoms with Gasteiger partial charge in [0.2, 0.25) is 5.91 Å². The molecular formula is C17H17F3N2O2. The minimum atomic E-state index is -1.03. The van der Waals surface area contributed by atoms with Gasteiger partial charge in [-0.15, -0.1) is 0 Å². The van der Waals surface area contributed by atoms with Gasteiger partial charge in [0.1, 0.15) is 11.6 Å². The molecule has 0 radical (unpaired) electrons. The monoisotopic (exact) mass is 338 g/mol. The van der Waals surface area contributed by atoms with E-state index in [4.69, 9.17) is 10.5 Å². The Labute approximate surface area is 137 Å². The lowest BCUT2D eigenvalue weighted by molar-refractivity contribution is -0.119. The van der Waals surface area contributed by atoms with Crippen molar-refractivity contribution in [2.45, 2.75) is 12.5 Å². The van der Waals surface area contributed by atoms with Crippen LogP contribution in [-0.2, 0) is 11.2 Å². The summed E-state index contributed by atoms with van der Waals surface area (Å²) in [6.07, 6.45) is -0.0451. The Morgan fingerprint density at radius 3 is 2.33 bits per heavy atom. The van der Waals surface area contributed by atoms with Crippen LogP contribution in [0.25, 0.3) is 0 Å². The van der Waals surface area contributed by atoms with Gasteiger partial charge in [-0.25, -0.2) is 13.2 Å². The van der Waals surface area contributed by atoms with E-state index < -0.39 is 29.4 Å². The molecule has 0 aliphatic rings. The number of likely N-dealkylation sites (N-methyl/N-ethyl adjacent to an activating group) is 1. The van der Waals surface area contributed by atoms with Gasteiger partial charge in [-0.05, 0) is 36.2 Å². The predicted molar refractivity (Wildman–Crippen MR) is 84.4 cm³/mol. The zero-order valence-electron chi connectivity index (χ0n) is 13.2. The van der Waals surface area contributed by atoms with Crippen LogP contribution in [0, 0.1) is 17.5 Å². The van der Waals surface area contributed by atoms with E-state index in [1.165, 1.54) is 31.2 Å². The van der Waals surface area contributed by atoms with E-state index in [-0.39, 0.29) is 17.7 Å². The second-order valence-electron chi connectivity index (χ2n) is 5.30. The van der Waals surface area contributed by atoms with Gasteiger partial charge in [0, 0.05) is 24.9 Å². The number of ether oxygens (including phenoxy) is 1. The first-order valence-electron chi connectivity index (χ1n) is 7.13. The van der Waals surface area contributed by atoms with Crippen molar-refractivity contribution in [1.82, 2.24) is 0 Å². The second-order valence-corrected chi connectivity index (χ2v) is 5.30. The summed E-state index contributed by atoms with van der Waals surface area (Å²) in [4.78, 5) is 13.5. The molecule has 0 heterocycles. The molecule has 0 fully saturated rings. The number of hydrogen-bond donors (Lipinski definition) is 1. The SMILES string of the molecule is COc1ccc(N(C)C(=O)[C@@H](N)Cc2cc(F)cc(F)c2)cc1F. The fourth-order valence-corrected chi connectivity index (χ4v) is 2.31. The predicted octanol–water partition coefficient (Wildman–Crippen LogP) is 2.65. The molecule has 128 valence electrons. The fraction of sp³-hybridized carbons (Fsp3) is 0.235. The number of nitrogens with zero attached hydrogens (tertiary/aromatic N) is 1. The Morgan fingerprint density at radius 1 is 1.17 bits per heavy atom. The van der Waals surface area contributed by atoms with Crippen molar-refractivity contribution in [3.63, 3.8) is 0 Å². The summed E-state index contributed by atoms with van der Waals surface area (Å²) in [5.74, 6) is -2.55. The number of benzene rings is 2. The largest absolute Gasteiger partial charge is 0.494 e. The smallest absolute Gasteiger partial charge is 0.243 e. The van der Waals surface area contributed by atoms with Crippen molar-refractivity contribution in [1.29, 1.82) is 0 Å². The third kappa shape index (κ3) is 4.05. The van der Waals surface area contributed by atoms with Crippen LogP contribution in [0.1, 0.15) is 5.56 Å². The van der Waals surface area contributed by atoms with Gasteiger partial charge < -0.3 is 15.4 Å². The summed E-state index contributed by atoms with van der Waals surface area (Å²) in [5, 5.41) is 0. The maximum atomic E-state index is 13.7. The van der Waals surface area contributed by atoms with Gasteiger partial charge in [0.25, 0.3) is 0 Å². The number of rotatable bonds is 5. The number of carbonyl (C=O) groups excluding carboxylic acids is 1. The number of carbonyl (C=O) groups is 1. The Hall–Kier alpha value is -2.54. The number of anilines is 1. The van der Waals surface area contributed by atoms with E-state index in [1.54, 1.807) is 0 Å². The highest BCUT2D eigenvalue weighted by Crippen LogP contribution is 2.23. The van der Waals surface area contributed by atoms with E-state index in [9.17, 15) is 18.0 Å². The van der Waals surface area contributed by atoms with Crippen molar-refractivity contribution in [2.75, 3.05) is 19.1 Å². The molecule has 0 aromatic heterocycles. The molecule has 2 aromatic carbocycles. The normalized spacial score (nSPS) is 11.9. The van der Waals surface area contributed by atoms with Crippen LogP contribution < -0.4 is 15.4 Å². The van der Waals surface area contributed by atoms with Crippen LogP contribution in [0.4, 0.5) is 18.9 Å². The van der Waals surface area contributed by atoms with Crippen molar-refractivity contribution in [3.05, 3.63) is 59.4 Å².